The van der Waals surface area contributed by atoms with Crippen molar-refractivity contribution in [2.45, 2.75) is 50.8 Å². The highest BCUT2D eigenvalue weighted by Crippen LogP contribution is 2.40. The van der Waals surface area contributed by atoms with E-state index in [4.69, 9.17) is 0 Å². The molecule has 0 aliphatic heterocycles. The first kappa shape index (κ1) is 16.0. The summed E-state index contributed by atoms with van der Waals surface area (Å²) in [5.74, 6) is 0.273. The third-order valence-electron chi connectivity index (χ3n) is 4.36. The molecule has 0 spiro atoms. The van der Waals surface area contributed by atoms with Gasteiger partial charge in [-0.2, -0.15) is 0 Å². The molecule has 0 saturated heterocycles. The molecule has 0 radical (unpaired) electrons. The summed E-state index contributed by atoms with van der Waals surface area (Å²) >= 11 is 3.56. The van der Waals surface area contributed by atoms with Gasteiger partial charge in [-0.05, 0) is 43.7 Å². The maximum Gasteiger partial charge on any atom is 0.179 e. The second-order valence-corrected chi connectivity index (χ2v) is 8.74. The van der Waals surface area contributed by atoms with E-state index in [1.165, 1.54) is 6.42 Å². The van der Waals surface area contributed by atoms with Gasteiger partial charge in [-0.15, -0.1) is 0 Å². The molecule has 1 aliphatic rings. The summed E-state index contributed by atoms with van der Waals surface area (Å²) in [5.41, 5.74) is 1.90. The van der Waals surface area contributed by atoms with Crippen LogP contribution >= 0.6 is 15.9 Å². The van der Waals surface area contributed by atoms with Crippen LogP contribution in [0.5, 0.6) is 0 Å². The van der Waals surface area contributed by atoms with Crippen molar-refractivity contribution in [2.24, 2.45) is 5.41 Å². The van der Waals surface area contributed by atoms with E-state index in [-0.39, 0.29) is 11.2 Å². The Labute approximate surface area is 131 Å². The van der Waals surface area contributed by atoms with Crippen LogP contribution in [0.3, 0.4) is 0 Å². The van der Waals surface area contributed by atoms with Gasteiger partial charge in [-0.25, -0.2) is 8.42 Å². The number of hydrogen-bond donors (Lipinski definition) is 0. The second kappa shape index (κ2) is 6.18. The predicted octanol–water partition coefficient (Wildman–Crippen LogP) is 4.42. The lowest BCUT2D eigenvalue weighted by atomic mass is 9.77. The molecular formula is C16H23BrO2S. The average Bonchev–Trinajstić information content (AvgIpc) is 2.38. The van der Waals surface area contributed by atoms with Crippen LogP contribution in [-0.4, -0.2) is 19.5 Å². The summed E-state index contributed by atoms with van der Waals surface area (Å²) in [4.78, 5) is 0.508. The number of rotatable bonds is 4. The minimum Gasteiger partial charge on any atom is -0.224 e. The Kier molecular flexibility index (Phi) is 4.96. The maximum absolute atomic E-state index is 12.8. The fourth-order valence-electron chi connectivity index (χ4n) is 3.25. The molecule has 4 heteroatoms. The van der Waals surface area contributed by atoms with E-state index in [1.54, 1.807) is 6.07 Å². The highest BCUT2D eigenvalue weighted by atomic mass is 79.9. The van der Waals surface area contributed by atoms with Crippen molar-refractivity contribution in [3.8, 4) is 0 Å². The zero-order valence-electron chi connectivity index (χ0n) is 12.3. The van der Waals surface area contributed by atoms with Gasteiger partial charge >= 0.3 is 0 Å². The molecule has 1 fully saturated rings. The zero-order chi connectivity index (χ0) is 14.8. The molecule has 1 aliphatic carbocycles. The van der Waals surface area contributed by atoms with E-state index >= 15 is 0 Å². The highest BCUT2D eigenvalue weighted by molar-refractivity contribution is 9.09. The monoisotopic (exact) mass is 358 g/mol. The summed E-state index contributed by atoms with van der Waals surface area (Å²) in [5, 5.41) is 0.782. The van der Waals surface area contributed by atoms with E-state index in [0.29, 0.717) is 4.90 Å². The topological polar surface area (TPSA) is 34.1 Å². The smallest absolute Gasteiger partial charge is 0.179 e. The minimum absolute atomic E-state index is 0.0750. The van der Waals surface area contributed by atoms with Crippen LogP contribution < -0.4 is 0 Å². The molecule has 0 aromatic heterocycles. The van der Waals surface area contributed by atoms with Crippen LogP contribution in [0.4, 0.5) is 0 Å². The summed E-state index contributed by atoms with van der Waals surface area (Å²) in [6, 6.07) is 5.61. The van der Waals surface area contributed by atoms with Gasteiger partial charge in [-0.3, -0.25) is 0 Å². The Bertz CT molecular complexity index is 572. The van der Waals surface area contributed by atoms with Gasteiger partial charge in [0.2, 0.25) is 0 Å². The Morgan fingerprint density at radius 3 is 2.35 bits per heavy atom. The molecule has 0 bridgehead atoms. The van der Waals surface area contributed by atoms with Crippen LogP contribution in [0.15, 0.2) is 23.1 Å². The molecular weight excluding hydrogens is 336 g/mol. The van der Waals surface area contributed by atoms with E-state index in [1.807, 2.05) is 26.0 Å². The molecule has 2 nitrogen and oxygen atoms in total. The number of halogens is 1. The largest absolute Gasteiger partial charge is 0.224 e. The normalized spacial score (nSPS) is 18.9. The molecule has 0 unspecified atom stereocenters. The zero-order valence-corrected chi connectivity index (χ0v) is 14.7. The van der Waals surface area contributed by atoms with Crippen molar-refractivity contribution < 1.29 is 8.42 Å². The van der Waals surface area contributed by atoms with Crippen LogP contribution in [-0.2, 0) is 9.84 Å². The van der Waals surface area contributed by atoms with Gasteiger partial charge < -0.3 is 0 Å². The number of benzene rings is 1. The molecule has 1 aromatic carbocycles. The van der Waals surface area contributed by atoms with E-state index in [9.17, 15) is 8.42 Å². The fourth-order valence-corrected chi connectivity index (χ4v) is 6.45. The predicted molar refractivity (Wildman–Crippen MR) is 87.3 cm³/mol. The van der Waals surface area contributed by atoms with E-state index in [2.05, 4.69) is 15.9 Å². The van der Waals surface area contributed by atoms with Crippen LogP contribution in [0.2, 0.25) is 0 Å². The van der Waals surface area contributed by atoms with Gasteiger partial charge in [0.25, 0.3) is 0 Å². The van der Waals surface area contributed by atoms with Crippen molar-refractivity contribution in [2.75, 3.05) is 11.1 Å². The minimum atomic E-state index is -3.21. The lowest BCUT2D eigenvalue weighted by molar-refractivity contribution is 0.256. The van der Waals surface area contributed by atoms with Crippen LogP contribution in [0.25, 0.3) is 0 Å². The fraction of sp³-hybridized carbons (Fsp3) is 0.625. The standard InChI is InChI=1S/C16H23BrO2S/c1-13-6-7-15(14(2)10-13)20(18,19)12-16(11-17)8-4-3-5-9-16/h6-7,10H,3-5,8-9,11-12H2,1-2H3. The first-order valence-electron chi connectivity index (χ1n) is 7.25. The SMILES string of the molecule is Cc1ccc(S(=O)(=O)CC2(CBr)CCCCC2)c(C)c1. The number of sulfone groups is 1. The molecule has 0 atom stereocenters. The summed E-state index contributed by atoms with van der Waals surface area (Å²) in [6.07, 6.45) is 5.56. The maximum atomic E-state index is 12.8. The van der Waals surface area contributed by atoms with Gasteiger partial charge in [0.15, 0.2) is 9.84 Å². The van der Waals surface area contributed by atoms with Crippen molar-refractivity contribution in [3.63, 3.8) is 0 Å². The van der Waals surface area contributed by atoms with Gasteiger partial charge in [0.05, 0.1) is 10.6 Å². The molecule has 1 aromatic rings. The van der Waals surface area contributed by atoms with Crippen molar-refractivity contribution in [1.82, 2.24) is 0 Å². The lowest BCUT2D eigenvalue weighted by Gasteiger charge is -2.35. The molecule has 0 amide bonds. The third kappa shape index (κ3) is 3.45. The van der Waals surface area contributed by atoms with Crippen molar-refractivity contribution in [1.29, 1.82) is 0 Å². The van der Waals surface area contributed by atoms with Crippen LogP contribution in [0.1, 0.15) is 43.2 Å². The van der Waals surface area contributed by atoms with E-state index in [0.717, 1.165) is 42.1 Å². The molecule has 0 N–H and O–H groups in total. The molecule has 0 heterocycles. The second-order valence-electron chi connectivity index (χ2n) is 6.22. The van der Waals surface area contributed by atoms with Crippen molar-refractivity contribution in [3.05, 3.63) is 29.3 Å². The average molecular weight is 359 g/mol. The van der Waals surface area contributed by atoms with Gasteiger partial charge in [0.1, 0.15) is 0 Å². The molecule has 112 valence electrons. The van der Waals surface area contributed by atoms with Crippen molar-refractivity contribution >= 4 is 25.8 Å². The summed E-state index contributed by atoms with van der Waals surface area (Å²) in [6.45, 7) is 3.88. The number of hydrogen-bond acceptors (Lipinski definition) is 2. The highest BCUT2D eigenvalue weighted by Gasteiger charge is 2.36. The summed E-state index contributed by atoms with van der Waals surface area (Å²) in [7, 11) is -3.21. The van der Waals surface area contributed by atoms with Crippen LogP contribution in [0, 0.1) is 19.3 Å². The van der Waals surface area contributed by atoms with Gasteiger partial charge in [0, 0.05) is 5.33 Å². The Balaban J connectivity index is 2.30. The Morgan fingerprint density at radius 1 is 1.15 bits per heavy atom. The first-order valence-corrected chi connectivity index (χ1v) is 10.0. The Morgan fingerprint density at radius 2 is 1.80 bits per heavy atom. The number of alkyl halides is 1. The van der Waals surface area contributed by atoms with Gasteiger partial charge in [-0.1, -0.05) is 52.9 Å². The third-order valence-corrected chi connectivity index (χ3v) is 7.67. The van der Waals surface area contributed by atoms with E-state index < -0.39 is 9.84 Å². The molecule has 2 rings (SSSR count). The Hall–Kier alpha value is -0.350. The molecule has 1 saturated carbocycles. The quantitative estimate of drug-likeness (QED) is 0.746. The summed E-state index contributed by atoms with van der Waals surface area (Å²) < 4.78 is 25.6. The molecule has 20 heavy (non-hydrogen) atoms. The number of aryl methyl sites for hydroxylation is 2. The first-order chi connectivity index (χ1) is 9.38. The lowest BCUT2D eigenvalue weighted by Crippen LogP contribution is -2.34.